The van der Waals surface area contributed by atoms with E-state index in [0.29, 0.717) is 17.3 Å². The van der Waals surface area contributed by atoms with Crippen molar-refractivity contribution >= 4 is 28.1 Å². The Hall–Kier alpha value is -1.93. The van der Waals surface area contributed by atoms with Crippen molar-refractivity contribution in [1.82, 2.24) is 24.1 Å². The van der Waals surface area contributed by atoms with E-state index in [2.05, 4.69) is 21.8 Å². The van der Waals surface area contributed by atoms with E-state index in [1.165, 1.54) is 23.1 Å². The first kappa shape index (κ1) is 15.0. The number of rotatable bonds is 6. The number of hydrogen-bond acceptors (Lipinski definition) is 6. The molecule has 0 N–H and O–H groups in total. The average molecular weight is 333 g/mol. The summed E-state index contributed by atoms with van der Waals surface area (Å²) in [6.07, 6.45) is 4.39. The fourth-order valence-corrected chi connectivity index (χ4v) is 3.70. The topological polar surface area (TPSA) is 65.1 Å². The molecule has 0 aromatic carbocycles. The number of fused-ring (bicyclic) bond motifs is 1. The van der Waals surface area contributed by atoms with Crippen molar-refractivity contribution in [3.05, 3.63) is 52.2 Å². The van der Waals surface area contributed by atoms with E-state index in [9.17, 15) is 4.79 Å². The molecule has 114 valence electrons. The largest absolute Gasteiger partial charge is 0.302 e. The molecule has 0 bridgehead atoms. The number of nitrogens with zero attached hydrogens (tertiary/aromatic N) is 5. The maximum absolute atomic E-state index is 12.0. The SMILES string of the molecule is C=CCn1c(CC)nnc1SCc1cc(=O)n2ccsc2n1. The van der Waals surface area contributed by atoms with Crippen molar-refractivity contribution in [2.75, 3.05) is 0 Å². The fourth-order valence-electron chi connectivity index (χ4n) is 2.10. The summed E-state index contributed by atoms with van der Waals surface area (Å²) in [5.74, 6) is 1.52. The predicted molar refractivity (Wildman–Crippen MR) is 88.5 cm³/mol. The Morgan fingerprint density at radius 3 is 3.09 bits per heavy atom. The first-order chi connectivity index (χ1) is 10.7. The molecule has 0 aliphatic rings. The lowest BCUT2D eigenvalue weighted by atomic mass is 10.4. The minimum Gasteiger partial charge on any atom is -0.302 e. The molecule has 0 radical (unpaired) electrons. The average Bonchev–Trinajstić information content (AvgIpc) is 3.12. The van der Waals surface area contributed by atoms with Crippen LogP contribution < -0.4 is 5.56 Å². The number of hydrogen-bond donors (Lipinski definition) is 0. The third-order valence-electron chi connectivity index (χ3n) is 3.13. The molecule has 0 amide bonds. The lowest BCUT2D eigenvalue weighted by Crippen LogP contribution is -2.12. The van der Waals surface area contributed by atoms with Gasteiger partial charge < -0.3 is 4.57 Å². The zero-order chi connectivity index (χ0) is 15.5. The zero-order valence-corrected chi connectivity index (χ0v) is 13.7. The van der Waals surface area contributed by atoms with Gasteiger partial charge in [0.15, 0.2) is 10.1 Å². The second-order valence-corrected chi connectivity index (χ2v) is 6.40. The molecule has 3 rings (SSSR count). The lowest BCUT2D eigenvalue weighted by molar-refractivity contribution is 0.685. The molecule has 0 aliphatic heterocycles. The third-order valence-corrected chi connectivity index (χ3v) is 4.88. The van der Waals surface area contributed by atoms with Gasteiger partial charge in [0.2, 0.25) is 0 Å². The van der Waals surface area contributed by atoms with Gasteiger partial charge >= 0.3 is 0 Å². The number of thiazole rings is 1. The summed E-state index contributed by atoms with van der Waals surface area (Å²) in [5.41, 5.74) is 0.701. The molecule has 6 nitrogen and oxygen atoms in total. The first-order valence-corrected chi connectivity index (χ1v) is 8.71. The lowest BCUT2D eigenvalue weighted by Gasteiger charge is -2.06. The fraction of sp³-hybridized carbons (Fsp3) is 0.286. The molecule has 0 atom stereocenters. The maximum Gasteiger partial charge on any atom is 0.258 e. The predicted octanol–water partition coefficient (Wildman–Crippen LogP) is 2.39. The standard InChI is InChI=1S/C14H15N5OS2/c1-3-5-18-11(4-2)16-17-14(18)22-9-10-8-12(20)19-6-7-21-13(19)15-10/h3,6-8H,1,4-5,9H2,2H3. The summed E-state index contributed by atoms with van der Waals surface area (Å²) in [6, 6.07) is 1.57. The van der Waals surface area contributed by atoms with Gasteiger partial charge in [0, 0.05) is 36.4 Å². The molecule has 0 saturated carbocycles. The van der Waals surface area contributed by atoms with Gasteiger partial charge in [0.1, 0.15) is 5.82 Å². The van der Waals surface area contributed by atoms with Gasteiger partial charge in [-0.1, -0.05) is 24.8 Å². The second-order valence-electron chi connectivity index (χ2n) is 4.58. The highest BCUT2D eigenvalue weighted by atomic mass is 32.2. The van der Waals surface area contributed by atoms with Crippen molar-refractivity contribution < 1.29 is 0 Å². The van der Waals surface area contributed by atoms with Crippen molar-refractivity contribution in [1.29, 1.82) is 0 Å². The highest BCUT2D eigenvalue weighted by molar-refractivity contribution is 7.98. The molecule has 3 aromatic heterocycles. The van der Waals surface area contributed by atoms with Crippen molar-refractivity contribution in [3.63, 3.8) is 0 Å². The van der Waals surface area contributed by atoms with Crippen molar-refractivity contribution in [2.24, 2.45) is 0 Å². The molecule has 0 aliphatic carbocycles. The summed E-state index contributed by atoms with van der Waals surface area (Å²) in [4.78, 5) is 17.2. The Bertz CT molecular complexity index is 864. The molecule has 0 saturated heterocycles. The summed E-state index contributed by atoms with van der Waals surface area (Å²) < 4.78 is 3.59. The summed E-state index contributed by atoms with van der Waals surface area (Å²) in [5, 5.41) is 11.1. The van der Waals surface area contributed by atoms with Crippen LogP contribution in [0.5, 0.6) is 0 Å². The molecular formula is C14H15N5OS2. The summed E-state index contributed by atoms with van der Waals surface area (Å²) in [7, 11) is 0. The Labute approximate surface area is 135 Å². The molecule has 0 fully saturated rings. The van der Waals surface area contributed by atoms with E-state index in [0.717, 1.165) is 23.1 Å². The molecule has 0 unspecified atom stereocenters. The van der Waals surface area contributed by atoms with Crippen LogP contribution in [0.25, 0.3) is 4.96 Å². The van der Waals surface area contributed by atoms with Gasteiger partial charge in [-0.25, -0.2) is 4.98 Å². The van der Waals surface area contributed by atoms with Crippen LogP contribution in [-0.4, -0.2) is 24.1 Å². The van der Waals surface area contributed by atoms with E-state index >= 15 is 0 Å². The van der Waals surface area contributed by atoms with Crippen LogP contribution in [-0.2, 0) is 18.7 Å². The van der Waals surface area contributed by atoms with Gasteiger partial charge in [-0.05, 0) is 0 Å². The molecule has 8 heteroatoms. The Morgan fingerprint density at radius 1 is 1.45 bits per heavy atom. The molecule has 3 heterocycles. The van der Waals surface area contributed by atoms with Gasteiger partial charge in [-0.2, -0.15) is 0 Å². The van der Waals surface area contributed by atoms with E-state index < -0.39 is 0 Å². The van der Waals surface area contributed by atoms with E-state index in [-0.39, 0.29) is 5.56 Å². The first-order valence-electron chi connectivity index (χ1n) is 6.84. The van der Waals surface area contributed by atoms with Crippen LogP contribution in [0.15, 0.2) is 40.2 Å². The van der Waals surface area contributed by atoms with Crippen molar-refractivity contribution in [3.8, 4) is 0 Å². The van der Waals surface area contributed by atoms with Crippen LogP contribution in [0, 0.1) is 0 Å². The van der Waals surface area contributed by atoms with Gasteiger partial charge in [-0.3, -0.25) is 9.20 Å². The monoisotopic (exact) mass is 333 g/mol. The van der Waals surface area contributed by atoms with Gasteiger partial charge in [0.25, 0.3) is 5.56 Å². The van der Waals surface area contributed by atoms with E-state index in [1.54, 1.807) is 16.7 Å². The highest BCUT2D eigenvalue weighted by Crippen LogP contribution is 2.21. The Balaban J connectivity index is 1.83. The minimum atomic E-state index is -0.0522. The summed E-state index contributed by atoms with van der Waals surface area (Å²) >= 11 is 2.98. The number of aromatic nitrogens is 5. The van der Waals surface area contributed by atoms with E-state index in [1.807, 2.05) is 22.9 Å². The number of aryl methyl sites for hydroxylation is 1. The van der Waals surface area contributed by atoms with E-state index in [4.69, 9.17) is 0 Å². The molecule has 3 aromatic rings. The zero-order valence-electron chi connectivity index (χ0n) is 12.1. The number of allylic oxidation sites excluding steroid dienone is 1. The van der Waals surface area contributed by atoms with Crippen LogP contribution in [0.4, 0.5) is 0 Å². The number of thioether (sulfide) groups is 1. The minimum absolute atomic E-state index is 0.0522. The van der Waals surface area contributed by atoms with Crippen LogP contribution >= 0.6 is 23.1 Å². The normalized spacial score (nSPS) is 11.1. The molecular weight excluding hydrogens is 318 g/mol. The van der Waals surface area contributed by atoms with Crippen LogP contribution in [0.3, 0.4) is 0 Å². The van der Waals surface area contributed by atoms with Crippen molar-refractivity contribution in [2.45, 2.75) is 30.8 Å². The summed E-state index contributed by atoms with van der Waals surface area (Å²) in [6.45, 7) is 6.50. The van der Waals surface area contributed by atoms with Gasteiger partial charge in [-0.15, -0.1) is 28.1 Å². The maximum atomic E-state index is 12.0. The smallest absolute Gasteiger partial charge is 0.258 e. The third kappa shape index (κ3) is 2.84. The highest BCUT2D eigenvalue weighted by Gasteiger charge is 2.11. The molecule has 22 heavy (non-hydrogen) atoms. The second kappa shape index (κ2) is 6.45. The van der Waals surface area contributed by atoms with Crippen LogP contribution in [0.2, 0.25) is 0 Å². The van der Waals surface area contributed by atoms with Gasteiger partial charge in [0.05, 0.1) is 5.69 Å². The quantitative estimate of drug-likeness (QED) is 0.512. The Kier molecular flexibility index (Phi) is 4.39. The molecule has 0 spiro atoms. The van der Waals surface area contributed by atoms with Crippen LogP contribution in [0.1, 0.15) is 18.4 Å². The Morgan fingerprint density at radius 2 is 2.32 bits per heavy atom.